The largest absolute Gasteiger partial charge is 0.494 e. The molecule has 2 rings (SSSR count). The van der Waals surface area contributed by atoms with E-state index in [2.05, 4.69) is 0 Å². The lowest BCUT2D eigenvalue weighted by molar-refractivity contribution is 0.111. The van der Waals surface area contributed by atoms with Crippen LogP contribution in [0.15, 0.2) is 11.3 Å². The van der Waals surface area contributed by atoms with Gasteiger partial charge >= 0.3 is 0 Å². The van der Waals surface area contributed by atoms with Crippen molar-refractivity contribution >= 4 is 0 Å². The second kappa shape index (κ2) is 2.50. The second-order valence-corrected chi connectivity index (χ2v) is 3.09. The first-order valence-electron chi connectivity index (χ1n) is 3.97. The Hall–Kier alpha value is -0.540. The zero-order valence-corrected chi connectivity index (χ0v) is 6.29. The monoisotopic (exact) mass is 156 g/mol. The molecule has 2 aliphatic heterocycles. The molecule has 0 aromatic heterocycles. The summed E-state index contributed by atoms with van der Waals surface area (Å²) in [5, 5.41) is 17.9. The molecule has 62 valence electrons. The van der Waals surface area contributed by atoms with E-state index in [1.165, 1.54) is 0 Å². The van der Waals surface area contributed by atoms with Crippen molar-refractivity contribution in [2.45, 2.75) is 18.9 Å². The Kier molecular flexibility index (Phi) is 1.62. The topological polar surface area (TPSA) is 49.7 Å². The molecular weight excluding hydrogens is 144 g/mol. The summed E-state index contributed by atoms with van der Waals surface area (Å²) in [6.07, 6.45) is 2.10. The van der Waals surface area contributed by atoms with E-state index < -0.39 is 0 Å². The molecule has 0 amide bonds. The van der Waals surface area contributed by atoms with Crippen molar-refractivity contribution in [2.75, 3.05) is 13.2 Å². The average Bonchev–Trinajstić information content (AvgIpc) is 2.60. The molecule has 0 aromatic carbocycles. The molecule has 0 spiro atoms. The zero-order valence-electron chi connectivity index (χ0n) is 6.29. The highest BCUT2D eigenvalue weighted by molar-refractivity contribution is 5.24. The number of fused-ring (bicyclic) bond motifs is 2. The maximum Gasteiger partial charge on any atom is 0.108 e. The SMILES string of the molecule is OCC1=C2CCC(O2)C1CO. The van der Waals surface area contributed by atoms with E-state index in [1.54, 1.807) is 0 Å². The number of aliphatic hydroxyl groups is 2. The number of aliphatic hydroxyl groups excluding tert-OH is 2. The smallest absolute Gasteiger partial charge is 0.108 e. The molecule has 0 saturated carbocycles. The Morgan fingerprint density at radius 2 is 2.27 bits per heavy atom. The second-order valence-electron chi connectivity index (χ2n) is 3.09. The number of hydrogen-bond acceptors (Lipinski definition) is 3. The summed E-state index contributed by atoms with van der Waals surface area (Å²) in [7, 11) is 0. The Bertz CT molecular complexity index is 198. The van der Waals surface area contributed by atoms with Crippen molar-refractivity contribution in [3.05, 3.63) is 11.3 Å². The summed E-state index contributed by atoms with van der Waals surface area (Å²) in [6, 6.07) is 0. The average molecular weight is 156 g/mol. The maximum atomic E-state index is 8.96. The molecule has 3 nitrogen and oxygen atoms in total. The van der Waals surface area contributed by atoms with Gasteiger partial charge in [0.2, 0.25) is 0 Å². The molecule has 2 bridgehead atoms. The van der Waals surface area contributed by atoms with Gasteiger partial charge in [-0.3, -0.25) is 0 Å². The summed E-state index contributed by atoms with van der Waals surface area (Å²) in [5.41, 5.74) is 0.920. The van der Waals surface area contributed by atoms with Crippen LogP contribution in [0.5, 0.6) is 0 Å². The first-order chi connectivity index (χ1) is 5.36. The molecular formula is C8H12O3. The third-order valence-electron chi connectivity index (χ3n) is 2.57. The van der Waals surface area contributed by atoms with E-state index in [1.807, 2.05) is 0 Å². The summed E-state index contributed by atoms with van der Waals surface area (Å²) in [4.78, 5) is 0. The highest BCUT2D eigenvalue weighted by Crippen LogP contribution is 2.41. The number of hydrogen-bond donors (Lipinski definition) is 2. The van der Waals surface area contributed by atoms with Crippen LogP contribution in [0.4, 0.5) is 0 Å². The lowest BCUT2D eigenvalue weighted by Gasteiger charge is -2.16. The van der Waals surface area contributed by atoms with Gasteiger partial charge in [-0.15, -0.1) is 0 Å². The van der Waals surface area contributed by atoms with Crippen molar-refractivity contribution in [3.8, 4) is 0 Å². The predicted octanol–water partition coefficient (Wildman–Crippen LogP) is 0.0339. The lowest BCUT2D eigenvalue weighted by atomic mass is 9.88. The Balaban J connectivity index is 2.24. The molecule has 0 aliphatic carbocycles. The molecule has 2 atom stereocenters. The van der Waals surface area contributed by atoms with Crippen LogP contribution in [0.1, 0.15) is 12.8 Å². The van der Waals surface area contributed by atoms with Crippen LogP contribution in [0.3, 0.4) is 0 Å². The first kappa shape index (κ1) is 7.13. The van der Waals surface area contributed by atoms with Crippen LogP contribution in [-0.2, 0) is 4.74 Å². The van der Waals surface area contributed by atoms with Crippen molar-refractivity contribution in [1.29, 1.82) is 0 Å². The van der Waals surface area contributed by atoms with Gasteiger partial charge in [0.25, 0.3) is 0 Å². The number of ether oxygens (including phenoxy) is 1. The van der Waals surface area contributed by atoms with Crippen LogP contribution in [0.25, 0.3) is 0 Å². The quantitative estimate of drug-likeness (QED) is 0.593. The minimum atomic E-state index is 0.0388. The van der Waals surface area contributed by atoms with Gasteiger partial charge in [0.1, 0.15) is 6.10 Å². The fourth-order valence-electron chi connectivity index (χ4n) is 1.96. The third kappa shape index (κ3) is 0.880. The first-order valence-corrected chi connectivity index (χ1v) is 3.97. The Morgan fingerprint density at radius 1 is 1.45 bits per heavy atom. The van der Waals surface area contributed by atoms with E-state index >= 15 is 0 Å². The van der Waals surface area contributed by atoms with Crippen LogP contribution in [0, 0.1) is 5.92 Å². The van der Waals surface area contributed by atoms with Crippen molar-refractivity contribution in [3.63, 3.8) is 0 Å². The molecule has 0 aromatic rings. The fourth-order valence-corrected chi connectivity index (χ4v) is 1.96. The lowest BCUT2D eigenvalue weighted by Crippen LogP contribution is -2.23. The van der Waals surface area contributed by atoms with E-state index in [-0.39, 0.29) is 25.2 Å². The van der Waals surface area contributed by atoms with E-state index in [9.17, 15) is 0 Å². The van der Waals surface area contributed by atoms with Gasteiger partial charge in [-0.2, -0.15) is 0 Å². The minimum absolute atomic E-state index is 0.0388. The molecule has 2 unspecified atom stereocenters. The molecule has 0 radical (unpaired) electrons. The number of rotatable bonds is 2. The van der Waals surface area contributed by atoms with Gasteiger partial charge in [0.15, 0.2) is 0 Å². The van der Waals surface area contributed by atoms with Crippen LogP contribution in [-0.4, -0.2) is 29.5 Å². The van der Waals surface area contributed by atoms with Crippen LogP contribution in [0.2, 0.25) is 0 Å². The molecule has 1 fully saturated rings. The van der Waals surface area contributed by atoms with Gasteiger partial charge in [0, 0.05) is 17.9 Å². The summed E-state index contributed by atoms with van der Waals surface area (Å²) in [6.45, 7) is 0.140. The number of allylic oxidation sites excluding steroid dienone is 1. The normalized spacial score (nSPS) is 34.7. The maximum absolute atomic E-state index is 8.96. The summed E-state index contributed by atoms with van der Waals surface area (Å²) in [5.74, 6) is 1.00. The van der Waals surface area contributed by atoms with Crippen molar-refractivity contribution in [2.24, 2.45) is 5.92 Å². The Morgan fingerprint density at radius 3 is 2.82 bits per heavy atom. The Labute approximate surface area is 65.3 Å². The molecule has 2 aliphatic rings. The van der Waals surface area contributed by atoms with Crippen molar-refractivity contribution < 1.29 is 14.9 Å². The molecule has 11 heavy (non-hydrogen) atoms. The molecule has 2 heterocycles. The molecule has 3 heteroatoms. The predicted molar refractivity (Wildman–Crippen MR) is 38.8 cm³/mol. The van der Waals surface area contributed by atoms with Gasteiger partial charge in [-0.05, 0) is 6.42 Å². The van der Waals surface area contributed by atoms with Crippen molar-refractivity contribution in [1.82, 2.24) is 0 Å². The molecule has 2 N–H and O–H groups in total. The van der Waals surface area contributed by atoms with E-state index in [0.717, 1.165) is 24.2 Å². The van der Waals surface area contributed by atoms with Crippen LogP contribution >= 0.6 is 0 Å². The minimum Gasteiger partial charge on any atom is -0.494 e. The van der Waals surface area contributed by atoms with Crippen LogP contribution < -0.4 is 0 Å². The van der Waals surface area contributed by atoms with E-state index in [4.69, 9.17) is 14.9 Å². The summed E-state index contributed by atoms with van der Waals surface area (Å²) >= 11 is 0. The van der Waals surface area contributed by atoms with Gasteiger partial charge < -0.3 is 14.9 Å². The standard InChI is InChI=1S/C8H12O3/c9-3-5-6(4-10)8-2-1-7(5)11-8/h5,7,9-10H,1-4H2. The highest BCUT2D eigenvalue weighted by Gasteiger charge is 2.40. The van der Waals surface area contributed by atoms with Gasteiger partial charge in [-0.25, -0.2) is 0 Å². The third-order valence-corrected chi connectivity index (χ3v) is 2.57. The fraction of sp³-hybridized carbons (Fsp3) is 0.750. The van der Waals surface area contributed by atoms with Gasteiger partial charge in [-0.1, -0.05) is 0 Å². The van der Waals surface area contributed by atoms with Gasteiger partial charge in [0.05, 0.1) is 19.0 Å². The highest BCUT2D eigenvalue weighted by atomic mass is 16.5. The summed E-state index contributed by atoms with van der Waals surface area (Å²) < 4.78 is 5.44. The van der Waals surface area contributed by atoms with E-state index in [0.29, 0.717) is 0 Å². The zero-order chi connectivity index (χ0) is 7.84. The molecule has 1 saturated heterocycles.